The maximum Gasteiger partial charge on any atom is 0.203 e. The number of thiophene rings is 1. The van der Waals surface area contributed by atoms with Crippen LogP contribution in [0, 0.1) is 0 Å². The van der Waals surface area contributed by atoms with Crippen molar-refractivity contribution in [3.05, 3.63) is 52.9 Å². The lowest BCUT2D eigenvalue weighted by molar-refractivity contribution is 0.324. The lowest BCUT2D eigenvalue weighted by Crippen LogP contribution is -2.05. The molecule has 0 aliphatic carbocycles. The van der Waals surface area contributed by atoms with Crippen molar-refractivity contribution in [2.24, 2.45) is 0 Å². The first-order chi connectivity index (χ1) is 13.7. The minimum absolute atomic E-state index is 0.553. The van der Waals surface area contributed by atoms with Gasteiger partial charge in [-0.2, -0.15) is 11.3 Å². The first-order valence-electron chi connectivity index (χ1n) is 8.63. The van der Waals surface area contributed by atoms with E-state index >= 15 is 0 Å². The fourth-order valence-electron chi connectivity index (χ4n) is 3.00. The van der Waals surface area contributed by atoms with Gasteiger partial charge in [-0.3, -0.25) is 0 Å². The van der Waals surface area contributed by atoms with Gasteiger partial charge in [-0.1, -0.05) is 0 Å². The summed E-state index contributed by atoms with van der Waals surface area (Å²) in [6.07, 6.45) is 1.84. The fraction of sp³-hybridized carbons (Fsp3) is 0.200. The van der Waals surface area contributed by atoms with Crippen molar-refractivity contribution in [3.8, 4) is 28.5 Å². The molecule has 0 aliphatic rings. The minimum atomic E-state index is 0.553. The second kappa shape index (κ2) is 7.77. The Labute approximate surface area is 166 Å². The number of aromatic nitrogens is 3. The number of nitrogens with one attached hydrogen (secondary N) is 1. The Bertz CT molecular complexity index is 1070. The van der Waals surface area contributed by atoms with Gasteiger partial charge in [0, 0.05) is 17.5 Å². The van der Waals surface area contributed by atoms with Gasteiger partial charge in [-0.15, -0.1) is 5.10 Å². The third-order valence-electron chi connectivity index (χ3n) is 4.38. The Morgan fingerprint density at radius 2 is 1.82 bits per heavy atom. The topological polar surface area (TPSA) is 69.9 Å². The Balaban J connectivity index is 1.60. The molecule has 0 aliphatic heterocycles. The summed E-state index contributed by atoms with van der Waals surface area (Å²) >= 11 is 1.65. The summed E-state index contributed by atoms with van der Waals surface area (Å²) in [6, 6.07) is 9.76. The number of nitrogens with zero attached hydrogens (tertiary/aromatic N) is 3. The molecule has 0 saturated heterocycles. The highest BCUT2D eigenvalue weighted by atomic mass is 32.1. The van der Waals surface area contributed by atoms with Crippen molar-refractivity contribution in [1.82, 2.24) is 14.6 Å². The van der Waals surface area contributed by atoms with E-state index < -0.39 is 0 Å². The van der Waals surface area contributed by atoms with Crippen LogP contribution in [0.5, 0.6) is 17.2 Å². The summed E-state index contributed by atoms with van der Waals surface area (Å²) in [7, 11) is 4.80. The molecular weight excluding hydrogens is 376 g/mol. The molecule has 28 heavy (non-hydrogen) atoms. The van der Waals surface area contributed by atoms with Gasteiger partial charge in [-0.05, 0) is 41.3 Å². The molecule has 0 radical (unpaired) electrons. The van der Waals surface area contributed by atoms with Gasteiger partial charge < -0.3 is 19.5 Å². The summed E-state index contributed by atoms with van der Waals surface area (Å²) < 4.78 is 18.1. The standard InChI is InChI=1S/C20H20N4O3S/c1-25-16-8-13(9-17(26-2)20(16)27-3)10-21-18-4-5-19-22-11-15(24(19)23-18)14-6-7-28-12-14/h4-9,11-12H,10H2,1-3H3,(H,21,23). The zero-order chi connectivity index (χ0) is 19.5. The van der Waals surface area contributed by atoms with E-state index in [9.17, 15) is 0 Å². The summed E-state index contributed by atoms with van der Waals surface area (Å²) in [6.45, 7) is 0.553. The molecule has 1 aromatic carbocycles. The Morgan fingerprint density at radius 1 is 1.04 bits per heavy atom. The molecular formula is C20H20N4O3S. The van der Waals surface area contributed by atoms with Gasteiger partial charge in [0.15, 0.2) is 17.1 Å². The monoisotopic (exact) mass is 396 g/mol. The van der Waals surface area contributed by atoms with E-state index in [1.54, 1.807) is 32.7 Å². The van der Waals surface area contributed by atoms with Crippen LogP contribution in [0.15, 0.2) is 47.3 Å². The van der Waals surface area contributed by atoms with Gasteiger partial charge >= 0.3 is 0 Å². The van der Waals surface area contributed by atoms with Crippen molar-refractivity contribution in [3.63, 3.8) is 0 Å². The molecule has 0 spiro atoms. The lowest BCUT2D eigenvalue weighted by Gasteiger charge is -2.14. The first-order valence-corrected chi connectivity index (χ1v) is 9.58. The number of methoxy groups -OCH3 is 3. The number of benzene rings is 1. The zero-order valence-corrected chi connectivity index (χ0v) is 16.6. The van der Waals surface area contributed by atoms with Crippen molar-refractivity contribution in [2.45, 2.75) is 6.54 Å². The molecule has 144 valence electrons. The van der Waals surface area contributed by atoms with Crippen molar-refractivity contribution in [1.29, 1.82) is 0 Å². The first kappa shape index (κ1) is 18.1. The van der Waals surface area contributed by atoms with E-state index in [2.05, 4.69) is 26.8 Å². The molecule has 3 aromatic heterocycles. The van der Waals surface area contributed by atoms with Crippen LogP contribution in [0.25, 0.3) is 16.9 Å². The van der Waals surface area contributed by atoms with Crippen LogP contribution in [-0.4, -0.2) is 35.9 Å². The van der Waals surface area contributed by atoms with Gasteiger partial charge in [-0.25, -0.2) is 9.50 Å². The molecule has 3 heterocycles. The van der Waals surface area contributed by atoms with Crippen molar-refractivity contribution >= 4 is 22.8 Å². The maximum absolute atomic E-state index is 5.42. The number of hydrogen-bond donors (Lipinski definition) is 1. The van der Waals surface area contributed by atoms with Crippen LogP contribution < -0.4 is 19.5 Å². The number of hydrogen-bond acceptors (Lipinski definition) is 7. The van der Waals surface area contributed by atoms with Gasteiger partial charge in [0.2, 0.25) is 5.75 Å². The molecule has 4 aromatic rings. The summed E-state index contributed by atoms with van der Waals surface area (Å²) in [5.74, 6) is 2.57. The highest BCUT2D eigenvalue weighted by Crippen LogP contribution is 2.38. The highest BCUT2D eigenvalue weighted by Gasteiger charge is 2.13. The van der Waals surface area contributed by atoms with E-state index in [1.807, 2.05) is 40.4 Å². The third kappa shape index (κ3) is 3.34. The lowest BCUT2D eigenvalue weighted by atomic mass is 10.1. The van der Waals surface area contributed by atoms with Gasteiger partial charge in [0.05, 0.1) is 33.2 Å². The van der Waals surface area contributed by atoms with E-state index in [0.29, 0.717) is 23.8 Å². The molecule has 4 rings (SSSR count). The van der Waals surface area contributed by atoms with Crippen LogP contribution in [0.4, 0.5) is 5.82 Å². The van der Waals surface area contributed by atoms with Crippen LogP contribution in [0.2, 0.25) is 0 Å². The molecule has 1 N–H and O–H groups in total. The van der Waals surface area contributed by atoms with E-state index in [-0.39, 0.29) is 0 Å². The van der Waals surface area contributed by atoms with Crippen LogP contribution in [0.3, 0.4) is 0 Å². The second-order valence-corrected chi connectivity index (χ2v) is 6.81. The molecule has 0 saturated carbocycles. The molecule has 7 nitrogen and oxygen atoms in total. The molecule has 0 amide bonds. The smallest absolute Gasteiger partial charge is 0.203 e. The van der Waals surface area contributed by atoms with Crippen LogP contribution >= 0.6 is 11.3 Å². The Morgan fingerprint density at radius 3 is 2.46 bits per heavy atom. The Hall–Kier alpha value is -3.26. The largest absolute Gasteiger partial charge is 0.493 e. The number of ether oxygens (including phenoxy) is 3. The van der Waals surface area contributed by atoms with Gasteiger partial charge in [0.1, 0.15) is 5.82 Å². The highest BCUT2D eigenvalue weighted by molar-refractivity contribution is 7.08. The molecule has 0 atom stereocenters. The maximum atomic E-state index is 5.42. The van der Waals surface area contributed by atoms with Crippen molar-refractivity contribution < 1.29 is 14.2 Å². The predicted molar refractivity (Wildman–Crippen MR) is 110 cm³/mol. The zero-order valence-electron chi connectivity index (χ0n) is 15.8. The Kier molecular flexibility index (Phi) is 5.03. The number of imidazole rings is 1. The summed E-state index contributed by atoms with van der Waals surface area (Å²) in [5, 5.41) is 12.2. The minimum Gasteiger partial charge on any atom is -0.493 e. The number of fused-ring (bicyclic) bond motifs is 1. The van der Waals surface area contributed by atoms with Crippen molar-refractivity contribution in [2.75, 3.05) is 26.6 Å². The SMILES string of the molecule is COc1cc(CNc2ccc3ncc(-c4ccsc4)n3n2)cc(OC)c1OC. The van der Waals surface area contributed by atoms with Crippen LogP contribution in [0.1, 0.15) is 5.56 Å². The average molecular weight is 396 g/mol. The molecule has 0 bridgehead atoms. The third-order valence-corrected chi connectivity index (χ3v) is 5.06. The van der Waals surface area contributed by atoms with E-state index in [1.165, 1.54) is 0 Å². The normalized spacial score (nSPS) is 10.8. The number of anilines is 1. The van der Waals surface area contributed by atoms with E-state index in [0.717, 1.165) is 28.3 Å². The van der Waals surface area contributed by atoms with Gasteiger partial charge in [0.25, 0.3) is 0 Å². The molecule has 8 heteroatoms. The predicted octanol–water partition coefficient (Wildman–Crippen LogP) is 4.10. The summed E-state index contributed by atoms with van der Waals surface area (Å²) in [5.41, 5.74) is 3.86. The summed E-state index contributed by atoms with van der Waals surface area (Å²) in [4.78, 5) is 4.43. The second-order valence-electron chi connectivity index (χ2n) is 6.03. The average Bonchev–Trinajstić information content (AvgIpc) is 3.40. The number of rotatable bonds is 7. The fourth-order valence-corrected chi connectivity index (χ4v) is 3.65. The molecule has 0 unspecified atom stereocenters. The quantitative estimate of drug-likeness (QED) is 0.507. The van der Waals surface area contributed by atoms with Crippen LogP contribution in [-0.2, 0) is 6.54 Å². The van der Waals surface area contributed by atoms with E-state index in [4.69, 9.17) is 14.2 Å². The molecule has 0 fully saturated rings.